The number of methoxy groups -OCH3 is 1. The highest BCUT2D eigenvalue weighted by Crippen LogP contribution is 2.30. The van der Waals surface area contributed by atoms with Gasteiger partial charge < -0.3 is 15.0 Å². The van der Waals surface area contributed by atoms with Crippen molar-refractivity contribution in [3.8, 4) is 5.75 Å². The molecule has 0 radical (unpaired) electrons. The second kappa shape index (κ2) is 11.5. The number of alkyl halides is 3. The summed E-state index contributed by atoms with van der Waals surface area (Å²) in [6.45, 7) is 3.22. The summed E-state index contributed by atoms with van der Waals surface area (Å²) >= 11 is 0.970. The van der Waals surface area contributed by atoms with E-state index in [9.17, 15) is 17.6 Å². The van der Waals surface area contributed by atoms with Crippen molar-refractivity contribution < 1.29 is 22.3 Å². The minimum absolute atomic E-state index is 0. The topological polar surface area (TPSA) is 49.8 Å². The van der Waals surface area contributed by atoms with Crippen LogP contribution in [-0.2, 0) is 19.1 Å². The molecule has 1 aromatic carbocycles. The minimum Gasteiger partial charge on any atom is -0.494 e. The quantitative estimate of drug-likeness (QED) is 0.240. The Morgan fingerprint density at radius 1 is 1.34 bits per heavy atom. The van der Waals surface area contributed by atoms with E-state index in [1.54, 1.807) is 19.2 Å². The molecule has 0 atom stereocenters. The average molecular weight is 546 g/mol. The number of nitrogens with one attached hydrogen (secondary N) is 1. The maximum absolute atomic E-state index is 13.9. The van der Waals surface area contributed by atoms with E-state index < -0.39 is 17.7 Å². The first kappa shape index (κ1) is 25.4. The van der Waals surface area contributed by atoms with Crippen molar-refractivity contribution in [3.63, 3.8) is 0 Å². The Kier molecular flexibility index (Phi) is 10.1. The van der Waals surface area contributed by atoms with Gasteiger partial charge >= 0.3 is 6.18 Å². The number of thiazole rings is 1. The number of ether oxygens (including phenoxy) is 1. The molecule has 0 aliphatic rings. The van der Waals surface area contributed by atoms with Gasteiger partial charge in [0.2, 0.25) is 0 Å². The largest absolute Gasteiger partial charge is 0.494 e. The highest BCUT2D eigenvalue weighted by Gasteiger charge is 2.33. The summed E-state index contributed by atoms with van der Waals surface area (Å²) in [5.41, 5.74) is -0.136. The van der Waals surface area contributed by atoms with Crippen LogP contribution in [0.3, 0.4) is 0 Å². The molecule has 1 aromatic heterocycles. The molecule has 5 nitrogen and oxygen atoms in total. The molecule has 162 valence electrons. The first-order valence-electron chi connectivity index (χ1n) is 8.58. The van der Waals surface area contributed by atoms with Crippen LogP contribution >= 0.6 is 35.3 Å². The molecule has 0 saturated heterocycles. The lowest BCUT2D eigenvalue weighted by atomic mass is 10.2. The zero-order valence-corrected chi connectivity index (χ0v) is 19.4. The maximum atomic E-state index is 13.9. The average Bonchev–Trinajstić information content (AvgIpc) is 3.10. The molecule has 0 amide bonds. The van der Waals surface area contributed by atoms with Crippen LogP contribution in [0.25, 0.3) is 0 Å². The van der Waals surface area contributed by atoms with Crippen LogP contribution < -0.4 is 10.1 Å². The molecular weight excluding hydrogens is 523 g/mol. The van der Waals surface area contributed by atoms with Gasteiger partial charge in [0.05, 0.1) is 12.1 Å². The summed E-state index contributed by atoms with van der Waals surface area (Å²) in [4.78, 5) is 9.84. The fourth-order valence-electron chi connectivity index (χ4n) is 2.44. The van der Waals surface area contributed by atoms with Crippen LogP contribution in [0.4, 0.5) is 17.6 Å². The Labute approximate surface area is 188 Å². The van der Waals surface area contributed by atoms with Crippen LogP contribution in [-0.4, -0.2) is 43.1 Å². The van der Waals surface area contributed by atoms with E-state index in [4.69, 9.17) is 4.74 Å². The molecule has 1 heterocycles. The van der Waals surface area contributed by atoms with Crippen molar-refractivity contribution in [1.82, 2.24) is 15.2 Å². The summed E-state index contributed by atoms with van der Waals surface area (Å²) in [5, 5.41) is 4.51. The molecular formula is C18H23F4IN4OS. The summed E-state index contributed by atoms with van der Waals surface area (Å²) in [6.07, 6.45) is -4.12. The number of guanidine groups is 1. The second-order valence-electron chi connectivity index (χ2n) is 5.93. The molecule has 0 aliphatic heterocycles. The van der Waals surface area contributed by atoms with Crippen molar-refractivity contribution in [1.29, 1.82) is 0 Å². The van der Waals surface area contributed by atoms with Crippen LogP contribution in [0.1, 0.15) is 23.2 Å². The molecule has 0 aliphatic carbocycles. The van der Waals surface area contributed by atoms with Crippen LogP contribution in [0, 0.1) is 5.82 Å². The van der Waals surface area contributed by atoms with Crippen molar-refractivity contribution in [3.05, 3.63) is 45.7 Å². The summed E-state index contributed by atoms with van der Waals surface area (Å²) in [7, 11) is 3.20. The zero-order chi connectivity index (χ0) is 20.7. The van der Waals surface area contributed by atoms with Crippen molar-refractivity contribution in [2.24, 2.45) is 4.99 Å². The normalized spacial score (nSPS) is 11.8. The molecule has 0 spiro atoms. The number of aliphatic imine (C=N–C) groups is 1. The molecule has 0 unspecified atom stereocenters. The lowest BCUT2D eigenvalue weighted by molar-refractivity contribution is -0.140. The monoisotopic (exact) mass is 546 g/mol. The number of rotatable bonds is 7. The van der Waals surface area contributed by atoms with E-state index in [-0.39, 0.29) is 36.3 Å². The Hall–Kier alpha value is -1.63. The lowest BCUT2D eigenvalue weighted by Gasteiger charge is -2.22. The third-order valence-corrected chi connectivity index (χ3v) is 4.67. The molecule has 0 bridgehead atoms. The standard InChI is InChI=1S/C18H22F4N4OS.HI/c1-4-23-17(24-8-7-16-25-15(11-28-16)18(20,21)22)26(2)10-12-5-6-14(27-3)13(19)9-12;/h5-6,9,11H,4,7-8,10H2,1-3H3,(H,23,24);1H. The van der Waals surface area contributed by atoms with E-state index in [0.29, 0.717) is 30.5 Å². The summed E-state index contributed by atoms with van der Waals surface area (Å²) in [6, 6.07) is 4.71. The van der Waals surface area contributed by atoms with Gasteiger partial charge in [0.15, 0.2) is 23.2 Å². The van der Waals surface area contributed by atoms with Gasteiger partial charge in [-0.15, -0.1) is 35.3 Å². The molecule has 29 heavy (non-hydrogen) atoms. The third kappa shape index (κ3) is 7.61. The number of halogens is 5. The SMILES string of the molecule is CCNC(=NCCc1nc(C(F)(F)F)cs1)N(C)Cc1ccc(OC)c(F)c1.I. The minimum atomic E-state index is -4.43. The molecule has 1 N–H and O–H groups in total. The molecule has 11 heteroatoms. The predicted molar refractivity (Wildman–Crippen MR) is 117 cm³/mol. The maximum Gasteiger partial charge on any atom is 0.434 e. The van der Waals surface area contributed by atoms with Gasteiger partial charge in [-0.25, -0.2) is 9.37 Å². The van der Waals surface area contributed by atoms with Gasteiger partial charge in [-0.05, 0) is 24.6 Å². The predicted octanol–water partition coefficient (Wildman–Crippen LogP) is 4.57. The Balaban J connectivity index is 0.00000420. The highest BCUT2D eigenvalue weighted by molar-refractivity contribution is 14.0. The van der Waals surface area contributed by atoms with Crippen LogP contribution in [0.5, 0.6) is 5.75 Å². The van der Waals surface area contributed by atoms with E-state index >= 15 is 0 Å². The fourth-order valence-corrected chi connectivity index (χ4v) is 3.23. The highest BCUT2D eigenvalue weighted by atomic mass is 127. The molecule has 2 rings (SSSR count). The van der Waals surface area contributed by atoms with E-state index in [1.165, 1.54) is 13.2 Å². The first-order valence-corrected chi connectivity index (χ1v) is 9.46. The number of hydrogen-bond acceptors (Lipinski definition) is 4. The Morgan fingerprint density at radius 2 is 2.07 bits per heavy atom. The first-order chi connectivity index (χ1) is 13.2. The Morgan fingerprint density at radius 3 is 2.62 bits per heavy atom. The summed E-state index contributed by atoms with van der Waals surface area (Å²) in [5.74, 6) is 0.305. The molecule has 0 fully saturated rings. The number of benzene rings is 1. The van der Waals surface area contributed by atoms with Crippen LogP contribution in [0.2, 0.25) is 0 Å². The van der Waals surface area contributed by atoms with Gasteiger partial charge in [-0.3, -0.25) is 4.99 Å². The third-order valence-electron chi connectivity index (χ3n) is 3.76. The van der Waals surface area contributed by atoms with Gasteiger partial charge in [0.25, 0.3) is 0 Å². The second-order valence-corrected chi connectivity index (χ2v) is 6.88. The molecule has 0 saturated carbocycles. The molecule has 2 aromatic rings. The van der Waals surface area contributed by atoms with Crippen LogP contribution in [0.15, 0.2) is 28.6 Å². The smallest absolute Gasteiger partial charge is 0.434 e. The van der Waals surface area contributed by atoms with Gasteiger partial charge in [-0.1, -0.05) is 6.07 Å². The van der Waals surface area contributed by atoms with Gasteiger partial charge in [0.1, 0.15) is 0 Å². The zero-order valence-electron chi connectivity index (χ0n) is 16.2. The lowest BCUT2D eigenvalue weighted by Crippen LogP contribution is -2.38. The Bertz CT molecular complexity index is 813. The van der Waals surface area contributed by atoms with Crippen molar-refractivity contribution in [2.75, 3.05) is 27.2 Å². The van der Waals surface area contributed by atoms with Crippen molar-refractivity contribution >= 4 is 41.3 Å². The van der Waals surface area contributed by atoms with E-state index in [2.05, 4.69) is 15.3 Å². The van der Waals surface area contributed by atoms with Gasteiger partial charge in [0, 0.05) is 38.5 Å². The van der Waals surface area contributed by atoms with E-state index in [0.717, 1.165) is 22.3 Å². The number of aromatic nitrogens is 1. The summed E-state index contributed by atoms with van der Waals surface area (Å²) < 4.78 is 56.6. The van der Waals surface area contributed by atoms with Gasteiger partial charge in [-0.2, -0.15) is 13.2 Å². The number of hydrogen-bond donors (Lipinski definition) is 1. The van der Waals surface area contributed by atoms with Crippen molar-refractivity contribution in [2.45, 2.75) is 26.1 Å². The fraction of sp³-hybridized carbons (Fsp3) is 0.444. The van der Waals surface area contributed by atoms with E-state index in [1.807, 2.05) is 11.8 Å². The number of nitrogens with zero attached hydrogens (tertiary/aromatic N) is 3.